The van der Waals surface area contributed by atoms with Crippen LogP contribution in [0.5, 0.6) is 0 Å². The number of carboxylic acid groups (broad SMARTS) is 1. The predicted octanol–water partition coefficient (Wildman–Crippen LogP) is 1.10. The van der Waals surface area contributed by atoms with Crippen LogP contribution in [0.1, 0.15) is 23.2 Å². The molecule has 0 aromatic carbocycles. The largest absolute Gasteiger partial charge is 0.479 e. The number of nitrogens with zero attached hydrogens (tertiary/aromatic N) is 1. The Morgan fingerprint density at radius 1 is 1.53 bits per heavy atom. The lowest BCUT2D eigenvalue weighted by molar-refractivity contribution is -0.149. The lowest BCUT2D eigenvalue weighted by atomic mass is 10.2. The van der Waals surface area contributed by atoms with E-state index in [0.29, 0.717) is 18.4 Å². The predicted molar refractivity (Wildman–Crippen MR) is 67.1 cm³/mol. The smallest absolute Gasteiger partial charge is 0.332 e. The number of aromatic nitrogens is 1. The fourth-order valence-corrected chi connectivity index (χ4v) is 2.06. The summed E-state index contributed by atoms with van der Waals surface area (Å²) in [6.07, 6.45) is 1.51. The Balaban J connectivity index is 1.83. The zero-order valence-electron chi connectivity index (χ0n) is 10.0. The molecular weight excluding hydrogens is 272 g/mol. The van der Waals surface area contributed by atoms with Gasteiger partial charge in [0.1, 0.15) is 5.15 Å². The summed E-state index contributed by atoms with van der Waals surface area (Å²) in [6.45, 7) is 0.280. The number of ether oxygens (including phenoxy) is 1. The van der Waals surface area contributed by atoms with Crippen molar-refractivity contribution in [1.82, 2.24) is 10.3 Å². The summed E-state index contributed by atoms with van der Waals surface area (Å²) in [5.41, 5.74) is 0.410. The summed E-state index contributed by atoms with van der Waals surface area (Å²) in [6, 6.07) is 3.02. The molecule has 2 atom stereocenters. The second kappa shape index (κ2) is 5.99. The molecule has 7 heteroatoms. The Hall–Kier alpha value is -1.66. The van der Waals surface area contributed by atoms with Gasteiger partial charge in [0.05, 0.1) is 6.10 Å². The van der Waals surface area contributed by atoms with Gasteiger partial charge < -0.3 is 15.2 Å². The van der Waals surface area contributed by atoms with E-state index in [2.05, 4.69) is 10.3 Å². The number of carboxylic acids is 1. The van der Waals surface area contributed by atoms with Gasteiger partial charge in [0, 0.05) is 18.3 Å². The minimum absolute atomic E-state index is 0.246. The SMILES string of the molecule is O=C(NCC1CCC(C(=O)O)O1)c1ccnc(Cl)c1. The molecule has 0 aliphatic carbocycles. The average Bonchev–Trinajstić information content (AvgIpc) is 2.85. The third-order valence-electron chi connectivity index (χ3n) is 2.86. The number of hydrogen-bond donors (Lipinski definition) is 2. The highest BCUT2D eigenvalue weighted by Gasteiger charge is 2.30. The highest BCUT2D eigenvalue weighted by molar-refractivity contribution is 6.29. The Labute approximate surface area is 114 Å². The first-order valence-electron chi connectivity index (χ1n) is 5.84. The fourth-order valence-electron chi connectivity index (χ4n) is 1.89. The van der Waals surface area contributed by atoms with E-state index < -0.39 is 12.1 Å². The molecule has 1 aliphatic rings. The molecule has 0 spiro atoms. The van der Waals surface area contributed by atoms with Crippen LogP contribution in [0.3, 0.4) is 0 Å². The van der Waals surface area contributed by atoms with Crippen LogP contribution >= 0.6 is 11.6 Å². The van der Waals surface area contributed by atoms with Crippen LogP contribution in [0.2, 0.25) is 5.15 Å². The topological polar surface area (TPSA) is 88.5 Å². The second-order valence-corrected chi connectivity index (χ2v) is 4.63. The number of pyridine rings is 1. The van der Waals surface area contributed by atoms with Crippen molar-refractivity contribution in [2.24, 2.45) is 0 Å². The van der Waals surface area contributed by atoms with E-state index in [1.165, 1.54) is 12.3 Å². The zero-order chi connectivity index (χ0) is 13.8. The van der Waals surface area contributed by atoms with Crippen molar-refractivity contribution in [2.45, 2.75) is 25.0 Å². The lowest BCUT2D eigenvalue weighted by Crippen LogP contribution is -2.33. The summed E-state index contributed by atoms with van der Waals surface area (Å²) in [5.74, 6) is -1.25. The Morgan fingerprint density at radius 3 is 2.95 bits per heavy atom. The quantitative estimate of drug-likeness (QED) is 0.808. The van der Waals surface area contributed by atoms with Crippen LogP contribution in [0.15, 0.2) is 18.3 Å². The average molecular weight is 285 g/mol. The number of rotatable bonds is 4. The molecule has 1 aromatic heterocycles. The van der Waals surface area contributed by atoms with Crippen molar-refractivity contribution in [1.29, 1.82) is 0 Å². The summed E-state index contributed by atoms with van der Waals surface area (Å²) >= 11 is 5.69. The summed E-state index contributed by atoms with van der Waals surface area (Å²) in [5, 5.41) is 11.7. The van der Waals surface area contributed by atoms with Crippen molar-refractivity contribution < 1.29 is 19.4 Å². The first-order chi connectivity index (χ1) is 9.06. The van der Waals surface area contributed by atoms with Crippen LogP contribution in [0, 0.1) is 0 Å². The first-order valence-corrected chi connectivity index (χ1v) is 6.22. The Kier molecular flexibility index (Phi) is 4.34. The van der Waals surface area contributed by atoms with Gasteiger partial charge in [-0.25, -0.2) is 9.78 Å². The monoisotopic (exact) mass is 284 g/mol. The molecule has 1 aromatic rings. The van der Waals surface area contributed by atoms with Crippen molar-refractivity contribution in [2.75, 3.05) is 6.54 Å². The van der Waals surface area contributed by atoms with Gasteiger partial charge in [-0.2, -0.15) is 0 Å². The minimum atomic E-state index is -0.963. The van der Waals surface area contributed by atoms with Crippen molar-refractivity contribution in [3.63, 3.8) is 0 Å². The molecule has 0 bridgehead atoms. The highest BCUT2D eigenvalue weighted by atomic mass is 35.5. The Bertz CT molecular complexity index is 494. The van der Waals surface area contributed by atoms with Gasteiger partial charge >= 0.3 is 5.97 Å². The van der Waals surface area contributed by atoms with Gasteiger partial charge in [0.2, 0.25) is 0 Å². The van der Waals surface area contributed by atoms with E-state index in [9.17, 15) is 9.59 Å². The maximum absolute atomic E-state index is 11.8. The van der Waals surface area contributed by atoms with Gasteiger partial charge in [-0.05, 0) is 25.0 Å². The maximum atomic E-state index is 11.8. The first kappa shape index (κ1) is 13.8. The molecule has 2 N–H and O–H groups in total. The number of halogens is 1. The van der Waals surface area contributed by atoms with Crippen LogP contribution in [-0.4, -0.2) is 40.7 Å². The second-order valence-electron chi connectivity index (χ2n) is 4.24. The molecule has 19 heavy (non-hydrogen) atoms. The van der Waals surface area contributed by atoms with E-state index in [0.717, 1.165) is 0 Å². The number of carbonyl (C=O) groups excluding carboxylic acids is 1. The number of amides is 1. The molecule has 2 rings (SSSR count). The van der Waals surface area contributed by atoms with Gasteiger partial charge in [-0.1, -0.05) is 11.6 Å². The van der Waals surface area contributed by atoms with Crippen molar-refractivity contribution >= 4 is 23.5 Å². The van der Waals surface area contributed by atoms with E-state index in [-0.39, 0.29) is 23.7 Å². The summed E-state index contributed by atoms with van der Waals surface area (Å²) < 4.78 is 5.28. The number of nitrogens with one attached hydrogen (secondary N) is 1. The lowest BCUT2D eigenvalue weighted by Gasteiger charge is -2.12. The molecule has 2 unspecified atom stereocenters. The third-order valence-corrected chi connectivity index (χ3v) is 3.07. The van der Waals surface area contributed by atoms with E-state index in [1.54, 1.807) is 6.07 Å². The minimum Gasteiger partial charge on any atom is -0.479 e. The van der Waals surface area contributed by atoms with Crippen molar-refractivity contribution in [3.05, 3.63) is 29.0 Å². The van der Waals surface area contributed by atoms with Gasteiger partial charge in [-0.15, -0.1) is 0 Å². The van der Waals surface area contributed by atoms with Crippen LogP contribution in [0.25, 0.3) is 0 Å². The Morgan fingerprint density at radius 2 is 2.32 bits per heavy atom. The molecule has 0 saturated carbocycles. The van der Waals surface area contributed by atoms with E-state index in [1.807, 2.05) is 0 Å². The zero-order valence-corrected chi connectivity index (χ0v) is 10.8. The van der Waals surface area contributed by atoms with Gasteiger partial charge in [0.15, 0.2) is 6.10 Å². The van der Waals surface area contributed by atoms with Gasteiger partial charge in [-0.3, -0.25) is 4.79 Å². The maximum Gasteiger partial charge on any atom is 0.332 e. The highest BCUT2D eigenvalue weighted by Crippen LogP contribution is 2.19. The standard InChI is InChI=1S/C12H13ClN2O4/c13-10-5-7(3-4-14-10)11(16)15-6-8-1-2-9(19-8)12(17)18/h3-5,8-9H,1-2,6H2,(H,15,16)(H,17,18). The molecule has 1 aliphatic heterocycles. The molecule has 1 saturated heterocycles. The molecule has 1 fully saturated rings. The van der Waals surface area contributed by atoms with Crippen LogP contribution in [0.4, 0.5) is 0 Å². The summed E-state index contributed by atoms with van der Waals surface area (Å²) in [7, 11) is 0. The normalized spacial score (nSPS) is 22.2. The van der Waals surface area contributed by atoms with E-state index >= 15 is 0 Å². The fraction of sp³-hybridized carbons (Fsp3) is 0.417. The van der Waals surface area contributed by atoms with E-state index in [4.69, 9.17) is 21.4 Å². The molecule has 1 amide bonds. The number of carbonyl (C=O) groups is 2. The molecule has 6 nitrogen and oxygen atoms in total. The molecule has 2 heterocycles. The third kappa shape index (κ3) is 3.65. The molecule has 0 radical (unpaired) electrons. The number of hydrogen-bond acceptors (Lipinski definition) is 4. The van der Waals surface area contributed by atoms with Gasteiger partial charge in [0.25, 0.3) is 5.91 Å². The van der Waals surface area contributed by atoms with Crippen LogP contribution in [-0.2, 0) is 9.53 Å². The van der Waals surface area contributed by atoms with Crippen LogP contribution < -0.4 is 5.32 Å². The molecule has 102 valence electrons. The summed E-state index contributed by atoms with van der Waals surface area (Å²) in [4.78, 5) is 26.3. The number of aliphatic carboxylic acids is 1. The molecular formula is C12H13ClN2O4. The van der Waals surface area contributed by atoms with Crippen molar-refractivity contribution in [3.8, 4) is 0 Å².